The molecule has 0 bridgehead atoms. The predicted octanol–water partition coefficient (Wildman–Crippen LogP) is 4.59. The van der Waals surface area contributed by atoms with Crippen LogP contribution in [0, 0.1) is 5.92 Å². The minimum absolute atomic E-state index is 0.741. The van der Waals surface area contributed by atoms with Gasteiger partial charge in [-0.1, -0.05) is 46.1 Å². The zero-order valence-electron chi connectivity index (χ0n) is 10.1. The monoisotopic (exact) mass is 195 g/mol. The summed E-state index contributed by atoms with van der Waals surface area (Å²) in [6.07, 6.45) is 9.94. The second kappa shape index (κ2) is 8.98. The van der Waals surface area contributed by atoms with E-state index in [-0.39, 0.29) is 0 Å². The Labute approximate surface area is 89.3 Å². The van der Waals surface area contributed by atoms with E-state index in [1.165, 1.54) is 44.2 Å². The summed E-state index contributed by atoms with van der Waals surface area (Å²) in [6, 6.07) is 0. The molecule has 0 aromatic heterocycles. The normalized spacial score (nSPS) is 19.2. The summed E-state index contributed by atoms with van der Waals surface area (Å²) < 4.78 is 0. The summed E-state index contributed by atoms with van der Waals surface area (Å²) in [5.74, 6) is 0.741. The highest BCUT2D eigenvalue weighted by atomic mass is 14.7. The highest BCUT2D eigenvalue weighted by Gasteiger charge is 2.13. The first-order valence-electron chi connectivity index (χ1n) is 6.00. The van der Waals surface area contributed by atoms with Crippen molar-refractivity contribution in [3.8, 4) is 0 Å². The van der Waals surface area contributed by atoms with Gasteiger partial charge < -0.3 is 0 Å². The van der Waals surface area contributed by atoms with Gasteiger partial charge in [0.2, 0.25) is 0 Å². The van der Waals surface area contributed by atoms with E-state index in [1.807, 2.05) is 13.8 Å². The standard InChI is InChI=1S/C11H19N.C2H6/c1-3-12-10(2)11-8-6-4-5-7-9-11;1-2/h3,11H,1,4-9H2,2H3;1-2H3. The van der Waals surface area contributed by atoms with Crippen molar-refractivity contribution < 1.29 is 0 Å². The van der Waals surface area contributed by atoms with E-state index >= 15 is 0 Å². The Bertz CT molecular complexity index is 162. The first-order valence-corrected chi connectivity index (χ1v) is 6.00. The Hall–Kier alpha value is -0.590. The van der Waals surface area contributed by atoms with Gasteiger partial charge in [-0.3, -0.25) is 4.99 Å². The smallest absolute Gasteiger partial charge is 0.0195 e. The molecule has 0 saturated heterocycles. The van der Waals surface area contributed by atoms with Crippen LogP contribution in [0.15, 0.2) is 17.8 Å². The minimum atomic E-state index is 0.741. The summed E-state index contributed by atoms with van der Waals surface area (Å²) in [7, 11) is 0. The van der Waals surface area contributed by atoms with Crippen LogP contribution in [0.5, 0.6) is 0 Å². The Morgan fingerprint density at radius 1 is 1.14 bits per heavy atom. The molecule has 0 atom stereocenters. The quantitative estimate of drug-likeness (QED) is 0.451. The Kier molecular flexibility index (Phi) is 8.61. The van der Waals surface area contributed by atoms with Gasteiger partial charge in [-0.15, -0.1) is 0 Å². The second-order valence-electron chi connectivity index (χ2n) is 3.64. The molecule has 0 aromatic carbocycles. The third kappa shape index (κ3) is 5.21. The third-order valence-electron chi connectivity index (χ3n) is 2.74. The van der Waals surface area contributed by atoms with Gasteiger partial charge in [-0.25, -0.2) is 0 Å². The van der Waals surface area contributed by atoms with Crippen molar-refractivity contribution in [2.75, 3.05) is 0 Å². The van der Waals surface area contributed by atoms with E-state index in [2.05, 4.69) is 18.5 Å². The van der Waals surface area contributed by atoms with Crippen LogP contribution in [-0.4, -0.2) is 5.71 Å². The summed E-state index contributed by atoms with van der Waals surface area (Å²) in [5, 5.41) is 0. The number of hydrogen-bond acceptors (Lipinski definition) is 1. The molecule has 1 nitrogen and oxygen atoms in total. The van der Waals surface area contributed by atoms with Gasteiger partial charge in [0.1, 0.15) is 0 Å². The van der Waals surface area contributed by atoms with Crippen LogP contribution in [0.4, 0.5) is 0 Å². The molecule has 1 aliphatic rings. The number of rotatable bonds is 2. The summed E-state index contributed by atoms with van der Waals surface area (Å²) >= 11 is 0. The largest absolute Gasteiger partial charge is 0.266 e. The van der Waals surface area contributed by atoms with Crippen molar-refractivity contribution in [2.45, 2.75) is 59.3 Å². The van der Waals surface area contributed by atoms with E-state index in [9.17, 15) is 0 Å². The van der Waals surface area contributed by atoms with Crippen molar-refractivity contribution in [1.29, 1.82) is 0 Å². The zero-order chi connectivity index (χ0) is 10.8. The molecule has 1 aliphatic carbocycles. The molecule has 1 fully saturated rings. The van der Waals surface area contributed by atoms with Gasteiger partial charge in [0.05, 0.1) is 0 Å². The van der Waals surface area contributed by atoms with Gasteiger partial charge in [0.15, 0.2) is 0 Å². The lowest BCUT2D eigenvalue weighted by molar-refractivity contribution is 0.589. The molecule has 0 N–H and O–H groups in total. The lowest BCUT2D eigenvalue weighted by atomic mass is 9.96. The highest BCUT2D eigenvalue weighted by molar-refractivity contribution is 5.84. The number of aliphatic imine (C=N–C) groups is 1. The maximum Gasteiger partial charge on any atom is 0.0195 e. The topological polar surface area (TPSA) is 12.4 Å². The molecule has 1 rings (SSSR count). The zero-order valence-corrected chi connectivity index (χ0v) is 10.1. The number of nitrogens with zero attached hydrogens (tertiary/aromatic N) is 1. The van der Waals surface area contributed by atoms with Gasteiger partial charge in [-0.05, 0) is 25.7 Å². The van der Waals surface area contributed by atoms with Crippen molar-refractivity contribution in [2.24, 2.45) is 10.9 Å². The molecule has 0 spiro atoms. The van der Waals surface area contributed by atoms with E-state index in [0.717, 1.165) is 5.92 Å². The predicted molar refractivity (Wildman–Crippen MR) is 65.8 cm³/mol. The lowest BCUT2D eigenvalue weighted by Gasteiger charge is -2.12. The van der Waals surface area contributed by atoms with Crippen LogP contribution in [0.25, 0.3) is 0 Å². The van der Waals surface area contributed by atoms with Crippen LogP contribution in [0.1, 0.15) is 59.3 Å². The summed E-state index contributed by atoms with van der Waals surface area (Å²) in [6.45, 7) is 9.77. The van der Waals surface area contributed by atoms with Crippen molar-refractivity contribution in [3.05, 3.63) is 12.8 Å². The fourth-order valence-electron chi connectivity index (χ4n) is 1.95. The Balaban J connectivity index is 0.000000791. The van der Waals surface area contributed by atoms with Crippen LogP contribution >= 0.6 is 0 Å². The Morgan fingerprint density at radius 3 is 2.07 bits per heavy atom. The van der Waals surface area contributed by atoms with Crippen LogP contribution < -0.4 is 0 Å². The second-order valence-corrected chi connectivity index (χ2v) is 3.64. The van der Waals surface area contributed by atoms with E-state index < -0.39 is 0 Å². The molecular formula is C13H25N. The van der Waals surface area contributed by atoms with E-state index in [0.29, 0.717) is 0 Å². The molecule has 0 aliphatic heterocycles. The first kappa shape index (κ1) is 13.4. The van der Waals surface area contributed by atoms with E-state index in [1.54, 1.807) is 6.20 Å². The highest BCUT2D eigenvalue weighted by Crippen LogP contribution is 2.23. The molecular weight excluding hydrogens is 170 g/mol. The average molecular weight is 195 g/mol. The summed E-state index contributed by atoms with van der Waals surface area (Å²) in [4.78, 5) is 4.27. The van der Waals surface area contributed by atoms with E-state index in [4.69, 9.17) is 0 Å². The molecule has 1 heteroatoms. The van der Waals surface area contributed by atoms with Crippen LogP contribution in [0.3, 0.4) is 0 Å². The summed E-state index contributed by atoms with van der Waals surface area (Å²) in [5.41, 5.74) is 1.28. The first-order chi connectivity index (χ1) is 6.84. The molecule has 14 heavy (non-hydrogen) atoms. The molecule has 0 amide bonds. The average Bonchev–Trinajstić information content (AvgIpc) is 2.49. The fraction of sp³-hybridized carbons (Fsp3) is 0.769. The molecule has 0 aromatic rings. The molecule has 0 radical (unpaired) electrons. The SMILES string of the molecule is C=CN=C(C)C1CCCCCC1.CC. The van der Waals surface area contributed by atoms with Gasteiger partial charge in [0.25, 0.3) is 0 Å². The van der Waals surface area contributed by atoms with Crippen molar-refractivity contribution in [3.63, 3.8) is 0 Å². The van der Waals surface area contributed by atoms with Crippen LogP contribution in [0.2, 0.25) is 0 Å². The minimum Gasteiger partial charge on any atom is -0.266 e. The molecule has 1 saturated carbocycles. The van der Waals surface area contributed by atoms with Gasteiger partial charge >= 0.3 is 0 Å². The lowest BCUT2D eigenvalue weighted by Crippen LogP contribution is -2.09. The molecule has 82 valence electrons. The van der Waals surface area contributed by atoms with Crippen molar-refractivity contribution in [1.82, 2.24) is 0 Å². The maximum atomic E-state index is 4.27. The fourth-order valence-corrected chi connectivity index (χ4v) is 1.95. The van der Waals surface area contributed by atoms with Crippen molar-refractivity contribution >= 4 is 5.71 Å². The van der Waals surface area contributed by atoms with Crippen LogP contribution in [-0.2, 0) is 0 Å². The number of hydrogen-bond donors (Lipinski definition) is 0. The molecule has 0 heterocycles. The van der Waals surface area contributed by atoms with Gasteiger partial charge in [0, 0.05) is 11.9 Å². The Morgan fingerprint density at radius 2 is 1.64 bits per heavy atom. The van der Waals surface area contributed by atoms with Gasteiger partial charge in [-0.2, -0.15) is 0 Å². The third-order valence-corrected chi connectivity index (χ3v) is 2.74. The molecule has 0 unspecified atom stereocenters. The maximum absolute atomic E-state index is 4.27.